The van der Waals surface area contributed by atoms with Crippen LogP contribution in [0, 0.1) is 10.1 Å². The monoisotopic (exact) mass is 413 g/mol. The fourth-order valence-electron chi connectivity index (χ4n) is 2.25. The Labute approximate surface area is 160 Å². The smallest absolute Gasteiger partial charge is 0.269 e. The van der Waals surface area contributed by atoms with E-state index < -0.39 is 20.9 Å². The fraction of sp³-hybridized carbons (Fsp3) is 0.188. The molecule has 2 N–H and O–H groups in total. The molecule has 0 aliphatic heterocycles. The van der Waals surface area contributed by atoms with E-state index in [1.807, 2.05) is 0 Å². The molecule has 0 saturated carbocycles. The van der Waals surface area contributed by atoms with E-state index in [-0.39, 0.29) is 30.1 Å². The number of nitro groups is 1. The summed E-state index contributed by atoms with van der Waals surface area (Å²) in [5.74, 6) is -0.741. The van der Waals surface area contributed by atoms with Gasteiger partial charge >= 0.3 is 0 Å². The molecule has 0 fully saturated rings. The van der Waals surface area contributed by atoms with Gasteiger partial charge in [-0.2, -0.15) is 4.31 Å². The number of hydrogen-bond acceptors (Lipinski definition) is 6. The van der Waals surface area contributed by atoms with Crippen molar-refractivity contribution >= 4 is 33.2 Å². The highest BCUT2D eigenvalue weighted by molar-refractivity contribution is 7.89. The van der Waals surface area contributed by atoms with Crippen LogP contribution in [0.5, 0.6) is 0 Å². The van der Waals surface area contributed by atoms with Crippen molar-refractivity contribution in [3.63, 3.8) is 0 Å². The van der Waals surface area contributed by atoms with Crippen LogP contribution in [-0.4, -0.2) is 35.3 Å². The first-order valence-corrected chi connectivity index (χ1v) is 9.48. The molecule has 0 bridgehead atoms. The number of benzene rings is 2. The van der Waals surface area contributed by atoms with E-state index in [9.17, 15) is 23.3 Å². The van der Waals surface area contributed by atoms with Crippen LogP contribution >= 0.6 is 11.6 Å². The van der Waals surface area contributed by atoms with Gasteiger partial charge in [-0.25, -0.2) is 13.9 Å². The van der Waals surface area contributed by atoms with E-state index in [0.717, 1.165) is 4.31 Å². The van der Waals surface area contributed by atoms with E-state index in [4.69, 9.17) is 16.8 Å². The van der Waals surface area contributed by atoms with Crippen LogP contribution < -0.4 is 5.48 Å². The van der Waals surface area contributed by atoms with Crippen molar-refractivity contribution in [1.82, 2.24) is 9.79 Å². The van der Waals surface area contributed by atoms with Crippen molar-refractivity contribution in [3.05, 3.63) is 69.2 Å². The lowest BCUT2D eigenvalue weighted by molar-refractivity contribution is -0.384. The first-order chi connectivity index (χ1) is 12.7. The van der Waals surface area contributed by atoms with E-state index >= 15 is 0 Å². The molecule has 0 heterocycles. The van der Waals surface area contributed by atoms with E-state index in [2.05, 4.69) is 0 Å². The molecule has 9 nitrogen and oxygen atoms in total. The fourth-order valence-corrected chi connectivity index (χ4v) is 3.80. The Morgan fingerprint density at radius 3 is 2.26 bits per heavy atom. The number of carbonyl (C=O) groups excluding carboxylic acids is 1. The van der Waals surface area contributed by atoms with Crippen LogP contribution in [0.3, 0.4) is 0 Å². The Balaban J connectivity index is 2.30. The normalized spacial score (nSPS) is 11.4. The first kappa shape index (κ1) is 20.8. The van der Waals surface area contributed by atoms with Gasteiger partial charge in [0, 0.05) is 36.7 Å². The van der Waals surface area contributed by atoms with Gasteiger partial charge < -0.3 is 0 Å². The van der Waals surface area contributed by atoms with Gasteiger partial charge in [0.05, 0.1) is 9.82 Å². The molecule has 144 valence electrons. The zero-order chi connectivity index (χ0) is 20.0. The molecule has 2 rings (SSSR count). The van der Waals surface area contributed by atoms with Crippen molar-refractivity contribution in [2.24, 2.45) is 0 Å². The largest absolute Gasteiger partial charge is 0.289 e. The number of hydrogen-bond donors (Lipinski definition) is 2. The number of hydroxylamine groups is 1. The molecule has 0 aliphatic rings. The maximum absolute atomic E-state index is 12.9. The van der Waals surface area contributed by atoms with Crippen molar-refractivity contribution in [1.29, 1.82) is 0 Å². The summed E-state index contributed by atoms with van der Waals surface area (Å²) in [5.41, 5.74) is 1.83. The van der Waals surface area contributed by atoms with Gasteiger partial charge in [0.15, 0.2) is 0 Å². The summed E-state index contributed by atoms with van der Waals surface area (Å²) in [6.07, 6.45) is -0.268. The van der Waals surface area contributed by atoms with Crippen LogP contribution in [0.1, 0.15) is 12.0 Å². The SMILES string of the molecule is O=C(CCN(Cc1ccc([N+](=O)[O-])cc1)S(=O)(=O)c1ccc(Cl)cc1)NO. The third-order valence-corrected chi connectivity index (χ3v) is 5.78. The second-order valence-electron chi connectivity index (χ2n) is 5.50. The number of carbonyl (C=O) groups is 1. The summed E-state index contributed by atoms with van der Waals surface area (Å²) in [6.45, 7) is -0.310. The van der Waals surface area contributed by atoms with Crippen LogP contribution in [0.15, 0.2) is 53.4 Å². The Kier molecular flexibility index (Phi) is 6.86. The number of nitrogens with one attached hydrogen (secondary N) is 1. The number of amides is 1. The lowest BCUT2D eigenvalue weighted by Gasteiger charge is -2.22. The quantitative estimate of drug-likeness (QED) is 0.388. The van der Waals surface area contributed by atoms with Gasteiger partial charge in [-0.3, -0.25) is 20.1 Å². The lowest BCUT2D eigenvalue weighted by Crippen LogP contribution is -2.34. The Morgan fingerprint density at radius 2 is 1.74 bits per heavy atom. The predicted octanol–water partition coefficient (Wildman–Crippen LogP) is 2.33. The third-order valence-electron chi connectivity index (χ3n) is 3.67. The maximum atomic E-state index is 12.9. The van der Waals surface area contributed by atoms with Crippen LogP contribution in [-0.2, 0) is 21.4 Å². The van der Waals surface area contributed by atoms with E-state index in [1.54, 1.807) is 0 Å². The number of halogens is 1. The highest BCUT2D eigenvalue weighted by Gasteiger charge is 2.25. The molecule has 11 heteroatoms. The number of non-ortho nitro benzene ring substituents is 1. The summed E-state index contributed by atoms with van der Waals surface area (Å²) in [7, 11) is -3.97. The third kappa shape index (κ3) is 5.47. The molecule has 0 spiro atoms. The Bertz CT molecular complexity index is 916. The van der Waals surface area contributed by atoms with Gasteiger partial charge in [-0.15, -0.1) is 0 Å². The number of rotatable bonds is 8. The summed E-state index contributed by atoms with van der Waals surface area (Å²) in [6, 6.07) is 11.0. The zero-order valence-corrected chi connectivity index (χ0v) is 15.5. The highest BCUT2D eigenvalue weighted by Crippen LogP contribution is 2.22. The molecular formula is C16H16ClN3O6S. The molecule has 0 aliphatic carbocycles. The van der Waals surface area contributed by atoms with Crippen LogP contribution in [0.4, 0.5) is 5.69 Å². The molecule has 2 aromatic rings. The molecule has 0 radical (unpaired) electrons. The Hall–Kier alpha value is -2.53. The van der Waals surface area contributed by atoms with Crippen molar-refractivity contribution < 1.29 is 23.3 Å². The van der Waals surface area contributed by atoms with Crippen LogP contribution in [0.25, 0.3) is 0 Å². The van der Waals surface area contributed by atoms with Gasteiger partial charge in [0.25, 0.3) is 5.69 Å². The van der Waals surface area contributed by atoms with Crippen molar-refractivity contribution in [2.75, 3.05) is 6.54 Å². The molecule has 0 aromatic heterocycles. The molecule has 0 saturated heterocycles. The topological polar surface area (TPSA) is 130 Å². The van der Waals surface area contributed by atoms with Gasteiger partial charge in [0.2, 0.25) is 15.9 Å². The lowest BCUT2D eigenvalue weighted by atomic mass is 10.2. The molecule has 2 aromatic carbocycles. The second-order valence-corrected chi connectivity index (χ2v) is 7.88. The number of nitrogens with zero attached hydrogens (tertiary/aromatic N) is 2. The highest BCUT2D eigenvalue weighted by atomic mass is 35.5. The molecule has 0 atom stereocenters. The molecule has 0 unspecified atom stereocenters. The predicted molar refractivity (Wildman–Crippen MR) is 96.7 cm³/mol. The Morgan fingerprint density at radius 1 is 1.15 bits per heavy atom. The average Bonchev–Trinajstić information content (AvgIpc) is 2.65. The minimum Gasteiger partial charge on any atom is -0.289 e. The van der Waals surface area contributed by atoms with E-state index in [1.165, 1.54) is 54.0 Å². The number of sulfonamides is 1. The number of nitro benzene ring substituents is 1. The molecule has 27 heavy (non-hydrogen) atoms. The summed E-state index contributed by atoms with van der Waals surface area (Å²) < 4.78 is 26.9. The van der Waals surface area contributed by atoms with Gasteiger partial charge in [-0.1, -0.05) is 23.7 Å². The second kappa shape index (κ2) is 8.91. The van der Waals surface area contributed by atoms with Crippen molar-refractivity contribution in [3.8, 4) is 0 Å². The standard InChI is InChI=1S/C16H16ClN3O6S/c17-13-3-7-15(8-4-13)27(25,26)19(10-9-16(21)18-22)11-12-1-5-14(6-2-12)20(23)24/h1-8,22H,9-11H2,(H,18,21). The summed E-state index contributed by atoms with van der Waals surface area (Å²) in [5, 5.41) is 19.7. The maximum Gasteiger partial charge on any atom is 0.269 e. The minimum absolute atomic E-state index is 0.0155. The van der Waals surface area contributed by atoms with Gasteiger partial charge in [0.1, 0.15) is 0 Å². The van der Waals surface area contributed by atoms with Crippen molar-refractivity contribution in [2.45, 2.75) is 17.9 Å². The minimum atomic E-state index is -3.97. The molecular weight excluding hydrogens is 398 g/mol. The first-order valence-electron chi connectivity index (χ1n) is 7.66. The average molecular weight is 414 g/mol. The zero-order valence-electron chi connectivity index (χ0n) is 13.9. The molecule has 1 amide bonds. The summed E-state index contributed by atoms with van der Waals surface area (Å²) in [4.78, 5) is 21.5. The van der Waals surface area contributed by atoms with E-state index in [0.29, 0.717) is 10.6 Å². The summed E-state index contributed by atoms with van der Waals surface area (Å²) >= 11 is 5.79. The van der Waals surface area contributed by atoms with Crippen LogP contribution in [0.2, 0.25) is 5.02 Å². The van der Waals surface area contributed by atoms with Gasteiger partial charge in [-0.05, 0) is 29.8 Å².